The highest BCUT2D eigenvalue weighted by atomic mass is 35.5. The maximum Gasteiger partial charge on any atom is 0.252 e. The third kappa shape index (κ3) is 3.73. The van der Waals surface area contributed by atoms with Gasteiger partial charge in [-0.05, 0) is 12.1 Å². The smallest absolute Gasteiger partial charge is 0.252 e. The molecule has 2 aromatic rings. The van der Waals surface area contributed by atoms with Gasteiger partial charge in [0.25, 0.3) is 5.89 Å². The van der Waals surface area contributed by atoms with E-state index in [1.807, 2.05) is 0 Å². The van der Waals surface area contributed by atoms with E-state index in [0.717, 1.165) is 0 Å². The molecule has 0 unspecified atom stereocenters. The minimum atomic E-state index is -0.391. The molecule has 0 bridgehead atoms. The molecule has 0 spiro atoms. The second-order valence-corrected chi connectivity index (χ2v) is 4.23. The van der Waals surface area contributed by atoms with Crippen molar-refractivity contribution in [3.63, 3.8) is 0 Å². The lowest BCUT2D eigenvalue weighted by molar-refractivity contribution is 0.104. The molecule has 0 saturated heterocycles. The van der Waals surface area contributed by atoms with E-state index in [-0.39, 0.29) is 13.0 Å². The van der Waals surface area contributed by atoms with Gasteiger partial charge >= 0.3 is 0 Å². The van der Waals surface area contributed by atoms with Gasteiger partial charge in [-0.1, -0.05) is 22.8 Å². The van der Waals surface area contributed by atoms with E-state index in [1.54, 1.807) is 12.1 Å². The lowest BCUT2D eigenvalue weighted by atomic mass is 10.1. The molecule has 0 fully saturated rings. The fourth-order valence-electron chi connectivity index (χ4n) is 1.52. The van der Waals surface area contributed by atoms with Crippen molar-refractivity contribution < 1.29 is 13.7 Å². The summed E-state index contributed by atoms with van der Waals surface area (Å²) in [6, 6.07) is 4.50. The summed E-state index contributed by atoms with van der Waals surface area (Å²) in [5.74, 6) is 0.299. The lowest BCUT2D eigenvalue weighted by Crippen LogP contribution is -2.08. The van der Waals surface area contributed by atoms with Crippen molar-refractivity contribution in [1.29, 1.82) is 0 Å². The molecule has 0 amide bonds. The molecular weight excluding hydrogens is 273 g/mol. The minimum absolute atomic E-state index is 0.173. The predicted molar refractivity (Wildman–Crippen MR) is 67.2 cm³/mol. The number of rotatable bonds is 6. The quantitative estimate of drug-likeness (QED) is 0.821. The van der Waals surface area contributed by atoms with Crippen LogP contribution in [0.1, 0.15) is 17.3 Å². The summed E-state index contributed by atoms with van der Waals surface area (Å²) < 4.78 is 23.7. The highest BCUT2D eigenvalue weighted by Crippen LogP contribution is 2.21. The van der Waals surface area contributed by atoms with Gasteiger partial charge in [0.15, 0.2) is 5.82 Å². The Morgan fingerprint density at radius 3 is 3.00 bits per heavy atom. The fourth-order valence-corrected chi connectivity index (χ4v) is 1.75. The number of hydrogen-bond donors (Lipinski definition) is 1. The van der Waals surface area contributed by atoms with Crippen LogP contribution in [-0.4, -0.2) is 23.3 Å². The van der Waals surface area contributed by atoms with Crippen molar-refractivity contribution in [2.24, 2.45) is 5.73 Å². The van der Waals surface area contributed by atoms with Gasteiger partial charge in [0.2, 0.25) is 0 Å². The Balaban J connectivity index is 2.03. The van der Waals surface area contributed by atoms with Crippen LogP contribution in [0.25, 0.3) is 0 Å². The first-order chi connectivity index (χ1) is 9.20. The third-order valence-electron chi connectivity index (χ3n) is 2.39. The van der Waals surface area contributed by atoms with Gasteiger partial charge in [0, 0.05) is 23.6 Å². The topological polar surface area (TPSA) is 74.2 Å². The van der Waals surface area contributed by atoms with Crippen LogP contribution in [0, 0.1) is 5.82 Å². The molecule has 0 aliphatic rings. The summed E-state index contributed by atoms with van der Waals surface area (Å²) >= 11 is 5.92. The van der Waals surface area contributed by atoms with E-state index >= 15 is 0 Å². The van der Waals surface area contributed by atoms with Crippen LogP contribution >= 0.6 is 11.6 Å². The zero-order valence-electron chi connectivity index (χ0n) is 10.1. The molecule has 1 heterocycles. The van der Waals surface area contributed by atoms with Crippen LogP contribution in [-0.2, 0) is 17.8 Å². The largest absolute Gasteiger partial charge is 0.370 e. The monoisotopic (exact) mass is 285 g/mol. The summed E-state index contributed by atoms with van der Waals surface area (Å²) in [5, 5.41) is 4.09. The van der Waals surface area contributed by atoms with E-state index in [4.69, 9.17) is 26.6 Å². The molecule has 0 atom stereocenters. The van der Waals surface area contributed by atoms with Crippen molar-refractivity contribution in [3.8, 4) is 0 Å². The van der Waals surface area contributed by atoms with Crippen LogP contribution in [0.3, 0.4) is 0 Å². The molecule has 5 nitrogen and oxygen atoms in total. The summed E-state index contributed by atoms with van der Waals surface area (Å²) in [5.41, 5.74) is 5.63. The molecule has 0 aliphatic heterocycles. The van der Waals surface area contributed by atoms with Crippen molar-refractivity contribution in [1.82, 2.24) is 10.1 Å². The first-order valence-electron chi connectivity index (χ1n) is 5.73. The number of halogens is 2. The molecule has 1 aromatic carbocycles. The van der Waals surface area contributed by atoms with Gasteiger partial charge in [-0.3, -0.25) is 0 Å². The van der Waals surface area contributed by atoms with Crippen molar-refractivity contribution in [2.45, 2.75) is 13.0 Å². The number of nitrogens with two attached hydrogens (primary N) is 1. The summed E-state index contributed by atoms with van der Waals surface area (Å²) in [7, 11) is 0. The zero-order valence-corrected chi connectivity index (χ0v) is 10.9. The fraction of sp³-hybridized carbons (Fsp3) is 0.333. The maximum absolute atomic E-state index is 13.6. The van der Waals surface area contributed by atoms with Crippen molar-refractivity contribution >= 4 is 11.6 Å². The number of aromatic nitrogens is 2. The summed E-state index contributed by atoms with van der Waals surface area (Å²) in [6.45, 7) is 1.03. The normalized spacial score (nSPS) is 10.9. The van der Waals surface area contributed by atoms with Crippen LogP contribution < -0.4 is 5.73 Å². The van der Waals surface area contributed by atoms with Crippen LogP contribution in [0.4, 0.5) is 4.39 Å². The Kier molecular flexibility index (Phi) is 4.84. The highest BCUT2D eigenvalue weighted by molar-refractivity contribution is 6.31. The number of benzene rings is 1. The zero-order chi connectivity index (χ0) is 13.7. The first-order valence-corrected chi connectivity index (χ1v) is 6.10. The Hall–Kier alpha value is -1.50. The molecule has 0 radical (unpaired) electrons. The Morgan fingerprint density at radius 1 is 1.42 bits per heavy atom. The van der Waals surface area contributed by atoms with Crippen LogP contribution in [0.2, 0.25) is 5.02 Å². The Bertz CT molecular complexity index is 527. The molecule has 0 aliphatic carbocycles. The van der Waals surface area contributed by atoms with E-state index in [1.165, 1.54) is 6.07 Å². The van der Waals surface area contributed by atoms with Gasteiger partial charge in [-0.2, -0.15) is 4.98 Å². The van der Waals surface area contributed by atoms with Gasteiger partial charge in [0.1, 0.15) is 12.4 Å². The second-order valence-electron chi connectivity index (χ2n) is 3.82. The van der Waals surface area contributed by atoms with Crippen LogP contribution in [0.5, 0.6) is 0 Å². The minimum Gasteiger partial charge on any atom is -0.370 e. The standard InChI is InChI=1S/C12H13ClFN3O2/c13-9-2-1-3-10(14)8(9)6-11-16-12(19-17-11)7-18-5-4-15/h1-3H,4-7,15H2. The lowest BCUT2D eigenvalue weighted by Gasteiger charge is -2.01. The van der Waals surface area contributed by atoms with E-state index < -0.39 is 5.82 Å². The Labute approximate surface area is 114 Å². The highest BCUT2D eigenvalue weighted by Gasteiger charge is 2.12. The van der Waals surface area contributed by atoms with E-state index in [9.17, 15) is 4.39 Å². The molecule has 1 aromatic heterocycles. The number of ether oxygens (including phenoxy) is 1. The van der Waals surface area contributed by atoms with Gasteiger partial charge in [-0.25, -0.2) is 4.39 Å². The second kappa shape index (κ2) is 6.60. The van der Waals surface area contributed by atoms with E-state index in [2.05, 4.69) is 10.1 Å². The van der Waals surface area contributed by atoms with Crippen LogP contribution in [0.15, 0.2) is 22.7 Å². The Morgan fingerprint density at radius 2 is 2.26 bits per heavy atom. The molecule has 19 heavy (non-hydrogen) atoms. The van der Waals surface area contributed by atoms with Gasteiger partial charge in [0.05, 0.1) is 6.61 Å². The van der Waals surface area contributed by atoms with Crippen molar-refractivity contribution in [3.05, 3.63) is 46.3 Å². The predicted octanol–water partition coefficient (Wildman–Crippen LogP) is 1.93. The van der Waals surface area contributed by atoms with Gasteiger partial charge < -0.3 is 15.0 Å². The first kappa shape index (κ1) is 13.9. The summed E-state index contributed by atoms with van der Waals surface area (Å²) in [6.07, 6.45) is 0.173. The molecule has 7 heteroatoms. The number of nitrogens with zero attached hydrogens (tertiary/aromatic N) is 2. The maximum atomic E-state index is 13.6. The molecule has 0 saturated carbocycles. The average molecular weight is 286 g/mol. The molecule has 102 valence electrons. The van der Waals surface area contributed by atoms with Gasteiger partial charge in [-0.15, -0.1) is 0 Å². The molecule has 2 rings (SSSR count). The SMILES string of the molecule is NCCOCc1nc(Cc2c(F)cccc2Cl)no1. The number of hydrogen-bond acceptors (Lipinski definition) is 5. The molecular formula is C12H13ClFN3O2. The molecule has 2 N–H and O–H groups in total. The van der Waals surface area contributed by atoms with Crippen molar-refractivity contribution in [2.75, 3.05) is 13.2 Å². The third-order valence-corrected chi connectivity index (χ3v) is 2.75. The average Bonchev–Trinajstić information content (AvgIpc) is 2.82. The van der Waals surface area contributed by atoms with E-state index in [0.29, 0.717) is 35.5 Å². The summed E-state index contributed by atoms with van der Waals surface area (Å²) in [4.78, 5) is 4.09.